The fourth-order valence-electron chi connectivity index (χ4n) is 3.49. The Morgan fingerprint density at radius 2 is 2.04 bits per heavy atom. The van der Waals surface area contributed by atoms with E-state index in [0.717, 1.165) is 25.7 Å². The standard InChI is InChI=1S/C18H26N4O3S/c1-12(2)9-21-16(24)11-26-14-8-19-22(18(25)17(14)21)10-15(23)20-13-6-4-3-5-7-13/h8,12-13H,3-7,9-11H2,1-2H3,(H,20,23). The summed E-state index contributed by atoms with van der Waals surface area (Å²) in [5.41, 5.74) is -0.0112. The predicted octanol–water partition coefficient (Wildman–Crippen LogP) is 1.79. The van der Waals surface area contributed by atoms with Gasteiger partial charge in [0.15, 0.2) is 0 Å². The number of rotatable bonds is 5. The van der Waals surface area contributed by atoms with E-state index in [1.54, 1.807) is 11.1 Å². The maximum Gasteiger partial charge on any atom is 0.292 e. The second kappa shape index (κ2) is 8.24. The highest BCUT2D eigenvalue weighted by Gasteiger charge is 2.29. The minimum absolute atomic E-state index is 0.0716. The van der Waals surface area contributed by atoms with Crippen LogP contribution in [0.2, 0.25) is 0 Å². The number of fused-ring (bicyclic) bond motifs is 1. The van der Waals surface area contributed by atoms with Gasteiger partial charge >= 0.3 is 0 Å². The van der Waals surface area contributed by atoms with Gasteiger partial charge in [0.25, 0.3) is 5.56 Å². The van der Waals surface area contributed by atoms with Crippen molar-refractivity contribution in [2.24, 2.45) is 5.92 Å². The molecule has 1 aliphatic heterocycles. The van der Waals surface area contributed by atoms with Gasteiger partial charge in [-0.1, -0.05) is 33.1 Å². The second-order valence-corrected chi connectivity index (χ2v) is 8.43. The molecular formula is C18H26N4O3S. The zero-order valence-corrected chi connectivity index (χ0v) is 16.2. The van der Waals surface area contributed by atoms with Crippen molar-refractivity contribution in [2.45, 2.75) is 63.4 Å². The van der Waals surface area contributed by atoms with E-state index in [4.69, 9.17) is 0 Å². The smallest absolute Gasteiger partial charge is 0.292 e. The van der Waals surface area contributed by atoms with Crippen LogP contribution in [0.3, 0.4) is 0 Å². The third kappa shape index (κ3) is 4.28. The summed E-state index contributed by atoms with van der Waals surface area (Å²) in [6.07, 6.45) is 7.05. The number of aromatic nitrogens is 2. The van der Waals surface area contributed by atoms with Gasteiger partial charge in [-0.05, 0) is 18.8 Å². The molecule has 1 N–H and O–H groups in total. The molecule has 142 valence electrons. The van der Waals surface area contributed by atoms with Gasteiger partial charge in [-0.3, -0.25) is 14.4 Å². The summed E-state index contributed by atoms with van der Waals surface area (Å²) in [6, 6.07) is 0.194. The number of nitrogens with one attached hydrogen (secondary N) is 1. The van der Waals surface area contributed by atoms with Crippen molar-refractivity contribution in [3.63, 3.8) is 0 Å². The fraction of sp³-hybridized carbons (Fsp3) is 0.667. The van der Waals surface area contributed by atoms with Crippen molar-refractivity contribution in [3.05, 3.63) is 16.6 Å². The van der Waals surface area contributed by atoms with Crippen LogP contribution in [0, 0.1) is 5.92 Å². The van der Waals surface area contributed by atoms with E-state index in [-0.39, 0.29) is 35.9 Å². The maximum atomic E-state index is 12.9. The van der Waals surface area contributed by atoms with Crippen molar-refractivity contribution >= 4 is 29.3 Å². The van der Waals surface area contributed by atoms with Crippen molar-refractivity contribution < 1.29 is 9.59 Å². The van der Waals surface area contributed by atoms with Crippen LogP contribution in [0.5, 0.6) is 0 Å². The van der Waals surface area contributed by atoms with E-state index in [2.05, 4.69) is 10.4 Å². The first kappa shape index (κ1) is 18.9. The molecule has 0 saturated heterocycles. The Morgan fingerprint density at radius 3 is 2.73 bits per heavy atom. The molecule has 1 aromatic heterocycles. The summed E-state index contributed by atoms with van der Waals surface area (Å²) in [6.45, 7) is 4.38. The van der Waals surface area contributed by atoms with Gasteiger partial charge in [0, 0.05) is 12.6 Å². The highest BCUT2D eigenvalue weighted by Crippen LogP contribution is 2.32. The Hall–Kier alpha value is -1.83. The van der Waals surface area contributed by atoms with Crippen LogP contribution in [0.15, 0.2) is 15.9 Å². The third-order valence-corrected chi connectivity index (χ3v) is 5.72. The van der Waals surface area contributed by atoms with E-state index in [0.29, 0.717) is 22.9 Å². The first-order valence-corrected chi connectivity index (χ1v) is 10.3. The van der Waals surface area contributed by atoms with Gasteiger partial charge < -0.3 is 10.2 Å². The van der Waals surface area contributed by atoms with Crippen LogP contribution >= 0.6 is 11.8 Å². The lowest BCUT2D eigenvalue weighted by atomic mass is 9.95. The monoisotopic (exact) mass is 378 g/mol. The van der Waals surface area contributed by atoms with Crippen molar-refractivity contribution in [3.8, 4) is 0 Å². The molecule has 0 radical (unpaired) electrons. The number of hydrogen-bond acceptors (Lipinski definition) is 5. The third-order valence-electron chi connectivity index (χ3n) is 4.72. The summed E-state index contributed by atoms with van der Waals surface area (Å²) >= 11 is 1.33. The molecule has 0 unspecified atom stereocenters. The molecule has 0 bridgehead atoms. The second-order valence-electron chi connectivity index (χ2n) is 7.41. The Bertz CT molecular complexity index is 740. The molecular weight excluding hydrogens is 352 g/mol. The quantitative estimate of drug-likeness (QED) is 0.844. The van der Waals surface area contributed by atoms with Gasteiger partial charge in [-0.25, -0.2) is 4.68 Å². The molecule has 26 heavy (non-hydrogen) atoms. The van der Waals surface area contributed by atoms with Crippen LogP contribution in [0.4, 0.5) is 5.69 Å². The Kier molecular flexibility index (Phi) is 6.01. The normalized spacial score (nSPS) is 18.1. The molecule has 7 nitrogen and oxygen atoms in total. The molecule has 8 heteroatoms. The molecule has 1 aliphatic carbocycles. The number of anilines is 1. The average Bonchev–Trinajstić information content (AvgIpc) is 2.60. The molecule has 3 rings (SSSR count). The van der Waals surface area contributed by atoms with E-state index >= 15 is 0 Å². The summed E-state index contributed by atoms with van der Waals surface area (Å²) < 4.78 is 1.17. The van der Waals surface area contributed by atoms with Crippen LogP contribution in [-0.2, 0) is 16.1 Å². The fourth-order valence-corrected chi connectivity index (χ4v) is 4.38. The topological polar surface area (TPSA) is 84.3 Å². The highest BCUT2D eigenvalue weighted by atomic mass is 32.2. The zero-order valence-electron chi connectivity index (χ0n) is 15.4. The highest BCUT2D eigenvalue weighted by molar-refractivity contribution is 8.00. The van der Waals surface area contributed by atoms with E-state index in [1.807, 2.05) is 13.8 Å². The number of carbonyl (C=O) groups excluding carboxylic acids is 2. The molecule has 1 aromatic rings. The molecule has 2 amide bonds. The largest absolute Gasteiger partial charge is 0.352 e. The molecule has 0 aromatic carbocycles. The van der Waals surface area contributed by atoms with Crippen LogP contribution in [0.25, 0.3) is 0 Å². The Labute approximate surface area is 157 Å². The average molecular weight is 378 g/mol. The van der Waals surface area contributed by atoms with Crippen LogP contribution in [0.1, 0.15) is 46.0 Å². The predicted molar refractivity (Wildman–Crippen MR) is 101 cm³/mol. The lowest BCUT2D eigenvalue weighted by Crippen LogP contribution is -2.45. The van der Waals surface area contributed by atoms with E-state index < -0.39 is 0 Å². The number of carbonyl (C=O) groups is 2. The Morgan fingerprint density at radius 1 is 1.31 bits per heavy atom. The van der Waals surface area contributed by atoms with Crippen LogP contribution in [-0.4, -0.2) is 39.9 Å². The summed E-state index contributed by atoms with van der Waals surface area (Å²) in [5.74, 6) is 0.285. The summed E-state index contributed by atoms with van der Waals surface area (Å²) in [5, 5.41) is 7.15. The van der Waals surface area contributed by atoms with Crippen molar-refractivity contribution in [2.75, 3.05) is 17.2 Å². The maximum absolute atomic E-state index is 12.9. The molecule has 2 heterocycles. The first-order valence-electron chi connectivity index (χ1n) is 9.28. The first-order chi connectivity index (χ1) is 12.5. The molecule has 2 aliphatic rings. The van der Waals surface area contributed by atoms with E-state index in [1.165, 1.54) is 22.9 Å². The van der Waals surface area contributed by atoms with Gasteiger partial charge in [-0.2, -0.15) is 5.10 Å². The SMILES string of the molecule is CC(C)CN1C(=O)CSc2cnn(CC(=O)NC3CCCCC3)c(=O)c21. The molecule has 1 saturated carbocycles. The summed E-state index contributed by atoms with van der Waals surface area (Å²) in [4.78, 5) is 39.8. The van der Waals surface area contributed by atoms with Gasteiger partial charge in [0.1, 0.15) is 12.2 Å². The Balaban J connectivity index is 1.79. The van der Waals surface area contributed by atoms with Crippen molar-refractivity contribution in [1.82, 2.24) is 15.1 Å². The molecule has 1 fully saturated rings. The lowest BCUT2D eigenvalue weighted by Gasteiger charge is -2.29. The molecule has 0 atom stereocenters. The number of amides is 2. The van der Waals surface area contributed by atoms with Gasteiger partial charge in [0.05, 0.1) is 16.8 Å². The van der Waals surface area contributed by atoms with Gasteiger partial charge in [0.2, 0.25) is 11.8 Å². The molecule has 0 spiro atoms. The number of nitrogens with zero attached hydrogens (tertiary/aromatic N) is 3. The summed E-state index contributed by atoms with van der Waals surface area (Å²) in [7, 11) is 0. The van der Waals surface area contributed by atoms with Crippen LogP contribution < -0.4 is 15.8 Å². The number of thioether (sulfide) groups is 1. The minimum atomic E-state index is -0.373. The van der Waals surface area contributed by atoms with E-state index in [9.17, 15) is 14.4 Å². The zero-order chi connectivity index (χ0) is 18.7. The number of hydrogen-bond donors (Lipinski definition) is 1. The van der Waals surface area contributed by atoms with Gasteiger partial charge in [-0.15, -0.1) is 11.8 Å². The lowest BCUT2D eigenvalue weighted by molar-refractivity contribution is -0.122. The minimum Gasteiger partial charge on any atom is -0.352 e. The van der Waals surface area contributed by atoms with Crippen molar-refractivity contribution in [1.29, 1.82) is 0 Å².